The highest BCUT2D eigenvalue weighted by molar-refractivity contribution is 5.63. The molecule has 0 aliphatic carbocycles. The Morgan fingerprint density at radius 1 is 1.44 bits per heavy atom. The second-order valence-corrected chi connectivity index (χ2v) is 5.45. The minimum atomic E-state index is 0.147. The van der Waals surface area contributed by atoms with Crippen molar-refractivity contribution >= 4 is 11.8 Å². The zero-order valence-corrected chi connectivity index (χ0v) is 11.6. The molecular formula is C16H23NO. The van der Waals surface area contributed by atoms with Gasteiger partial charge in [-0.1, -0.05) is 26.0 Å². The van der Waals surface area contributed by atoms with E-state index < -0.39 is 0 Å². The highest BCUT2D eigenvalue weighted by Gasteiger charge is 2.13. The maximum atomic E-state index is 9.36. The Labute approximate surface area is 110 Å². The van der Waals surface area contributed by atoms with E-state index in [9.17, 15) is 5.11 Å². The number of aliphatic hydroxyl groups excluding tert-OH is 1. The molecule has 1 aromatic carbocycles. The van der Waals surface area contributed by atoms with Crippen molar-refractivity contribution in [2.24, 2.45) is 5.92 Å². The van der Waals surface area contributed by atoms with Gasteiger partial charge in [0.25, 0.3) is 0 Å². The molecule has 1 aliphatic heterocycles. The van der Waals surface area contributed by atoms with Gasteiger partial charge < -0.3 is 10.0 Å². The average molecular weight is 245 g/mol. The molecule has 1 aromatic rings. The first-order valence-corrected chi connectivity index (χ1v) is 6.77. The van der Waals surface area contributed by atoms with E-state index in [0.29, 0.717) is 5.92 Å². The first kappa shape index (κ1) is 13.2. The lowest BCUT2D eigenvalue weighted by Gasteiger charge is -2.27. The fourth-order valence-corrected chi connectivity index (χ4v) is 2.50. The van der Waals surface area contributed by atoms with Gasteiger partial charge in [-0.15, -0.1) is 0 Å². The number of nitrogens with zero attached hydrogens (tertiary/aromatic N) is 1. The topological polar surface area (TPSA) is 23.5 Å². The van der Waals surface area contributed by atoms with E-state index in [1.807, 2.05) is 0 Å². The van der Waals surface area contributed by atoms with Crippen LogP contribution in [0, 0.1) is 5.92 Å². The number of aliphatic hydroxyl groups is 1. The molecule has 1 N–H and O–H groups in total. The summed E-state index contributed by atoms with van der Waals surface area (Å²) >= 11 is 0. The molecule has 0 saturated carbocycles. The van der Waals surface area contributed by atoms with Gasteiger partial charge in [0.1, 0.15) is 0 Å². The molecular weight excluding hydrogens is 222 g/mol. The van der Waals surface area contributed by atoms with Gasteiger partial charge >= 0.3 is 0 Å². The maximum Gasteiger partial charge on any atom is 0.0647 e. The molecule has 2 heteroatoms. The summed E-state index contributed by atoms with van der Waals surface area (Å²) in [6.07, 6.45) is 4.52. The predicted molar refractivity (Wildman–Crippen MR) is 77.9 cm³/mol. The van der Waals surface area contributed by atoms with Crippen molar-refractivity contribution in [3.05, 3.63) is 34.9 Å². The van der Waals surface area contributed by atoms with E-state index in [1.165, 1.54) is 23.2 Å². The molecule has 0 amide bonds. The van der Waals surface area contributed by atoms with Gasteiger partial charge in [-0.2, -0.15) is 0 Å². The molecule has 0 saturated heterocycles. The third kappa shape index (κ3) is 2.75. The average Bonchev–Trinajstić information content (AvgIpc) is 2.35. The first-order valence-electron chi connectivity index (χ1n) is 6.77. The molecule has 0 atom stereocenters. The van der Waals surface area contributed by atoms with Crippen molar-refractivity contribution in [2.45, 2.75) is 26.7 Å². The fraction of sp³-hybridized carbons (Fsp3) is 0.500. The molecule has 0 aromatic heterocycles. The Kier molecular flexibility index (Phi) is 4.07. The normalized spacial score (nSPS) is 16.1. The maximum absolute atomic E-state index is 9.36. The molecule has 18 heavy (non-hydrogen) atoms. The van der Waals surface area contributed by atoms with Crippen LogP contribution in [0.3, 0.4) is 0 Å². The highest BCUT2D eigenvalue weighted by Crippen LogP contribution is 2.27. The Bertz CT molecular complexity index is 448. The van der Waals surface area contributed by atoms with Crippen LogP contribution in [0.1, 0.15) is 31.4 Å². The first-order chi connectivity index (χ1) is 8.61. The van der Waals surface area contributed by atoms with Crippen molar-refractivity contribution in [1.29, 1.82) is 0 Å². The van der Waals surface area contributed by atoms with E-state index in [4.69, 9.17) is 0 Å². The summed E-state index contributed by atoms with van der Waals surface area (Å²) in [5.41, 5.74) is 5.09. The minimum Gasteiger partial charge on any atom is -0.392 e. The van der Waals surface area contributed by atoms with Crippen LogP contribution in [-0.2, 0) is 6.42 Å². The second kappa shape index (κ2) is 5.57. The van der Waals surface area contributed by atoms with Crippen LogP contribution >= 0.6 is 0 Å². The SMILES string of the molecule is CC(C)C(=Cc1ccc2c(c1)CCCN2C)CO. The summed E-state index contributed by atoms with van der Waals surface area (Å²) in [5.74, 6) is 0.397. The van der Waals surface area contributed by atoms with Gasteiger partial charge in [-0.25, -0.2) is 0 Å². The quantitative estimate of drug-likeness (QED) is 0.884. The summed E-state index contributed by atoms with van der Waals surface area (Å²) < 4.78 is 0. The van der Waals surface area contributed by atoms with Crippen molar-refractivity contribution in [3.8, 4) is 0 Å². The number of fused-ring (bicyclic) bond motifs is 1. The zero-order chi connectivity index (χ0) is 13.1. The Morgan fingerprint density at radius 2 is 2.22 bits per heavy atom. The van der Waals surface area contributed by atoms with Crippen molar-refractivity contribution in [3.63, 3.8) is 0 Å². The summed E-state index contributed by atoms with van der Waals surface area (Å²) in [7, 11) is 2.15. The van der Waals surface area contributed by atoms with Crippen molar-refractivity contribution < 1.29 is 5.11 Å². The number of rotatable bonds is 3. The van der Waals surface area contributed by atoms with Gasteiger partial charge in [-0.3, -0.25) is 0 Å². The predicted octanol–water partition coefficient (Wildman–Crippen LogP) is 3.10. The van der Waals surface area contributed by atoms with Gasteiger partial charge in [0.15, 0.2) is 0 Å². The molecule has 0 unspecified atom stereocenters. The molecule has 0 bridgehead atoms. The number of hydrogen-bond donors (Lipinski definition) is 1. The summed E-state index contributed by atoms with van der Waals surface area (Å²) in [4.78, 5) is 2.32. The van der Waals surface area contributed by atoms with E-state index in [0.717, 1.165) is 18.5 Å². The van der Waals surface area contributed by atoms with Crippen LogP contribution in [0.5, 0.6) is 0 Å². The van der Waals surface area contributed by atoms with Crippen LogP contribution in [0.2, 0.25) is 0 Å². The van der Waals surface area contributed by atoms with Crippen LogP contribution < -0.4 is 4.90 Å². The number of aryl methyl sites for hydroxylation is 1. The van der Waals surface area contributed by atoms with Gasteiger partial charge in [0, 0.05) is 19.3 Å². The monoisotopic (exact) mass is 245 g/mol. The molecule has 98 valence electrons. The third-order valence-electron chi connectivity index (χ3n) is 3.73. The van der Waals surface area contributed by atoms with Gasteiger partial charge in [0.05, 0.1) is 6.61 Å². The van der Waals surface area contributed by atoms with Crippen molar-refractivity contribution in [1.82, 2.24) is 0 Å². The van der Waals surface area contributed by atoms with Crippen LogP contribution in [0.25, 0.3) is 6.08 Å². The van der Waals surface area contributed by atoms with Crippen LogP contribution in [-0.4, -0.2) is 25.3 Å². The van der Waals surface area contributed by atoms with E-state index in [-0.39, 0.29) is 6.61 Å². The summed E-state index contributed by atoms with van der Waals surface area (Å²) in [5, 5.41) is 9.36. The second-order valence-electron chi connectivity index (χ2n) is 5.45. The van der Waals surface area contributed by atoms with Gasteiger partial charge in [-0.05, 0) is 47.6 Å². The van der Waals surface area contributed by atoms with E-state index >= 15 is 0 Å². The Morgan fingerprint density at radius 3 is 2.89 bits per heavy atom. The van der Waals surface area contributed by atoms with E-state index in [1.54, 1.807) is 0 Å². The lowest BCUT2D eigenvalue weighted by atomic mass is 9.96. The van der Waals surface area contributed by atoms with Crippen LogP contribution in [0.15, 0.2) is 23.8 Å². The largest absolute Gasteiger partial charge is 0.392 e. The Balaban J connectivity index is 2.31. The molecule has 1 heterocycles. The lowest BCUT2D eigenvalue weighted by Crippen LogP contribution is -2.24. The fourth-order valence-electron chi connectivity index (χ4n) is 2.50. The third-order valence-corrected chi connectivity index (χ3v) is 3.73. The molecule has 1 aliphatic rings. The molecule has 0 spiro atoms. The summed E-state index contributed by atoms with van der Waals surface area (Å²) in [6, 6.07) is 6.62. The summed E-state index contributed by atoms with van der Waals surface area (Å²) in [6.45, 7) is 5.53. The van der Waals surface area contributed by atoms with Crippen LogP contribution in [0.4, 0.5) is 5.69 Å². The number of anilines is 1. The number of hydrogen-bond acceptors (Lipinski definition) is 2. The van der Waals surface area contributed by atoms with Crippen molar-refractivity contribution in [2.75, 3.05) is 25.1 Å². The minimum absolute atomic E-state index is 0.147. The smallest absolute Gasteiger partial charge is 0.0647 e. The molecule has 2 rings (SSSR count). The Hall–Kier alpha value is -1.28. The molecule has 0 radical (unpaired) electrons. The zero-order valence-electron chi connectivity index (χ0n) is 11.6. The molecule has 0 fully saturated rings. The molecule has 2 nitrogen and oxygen atoms in total. The highest BCUT2D eigenvalue weighted by atomic mass is 16.3. The standard InChI is InChI=1S/C16H23NO/c1-12(2)15(11-18)10-13-6-7-16-14(9-13)5-4-8-17(16)3/h6-7,9-10,12,18H,4-5,8,11H2,1-3H3. The number of benzene rings is 1. The lowest BCUT2D eigenvalue weighted by molar-refractivity contribution is 0.320. The van der Waals surface area contributed by atoms with E-state index in [2.05, 4.69) is 50.1 Å². The van der Waals surface area contributed by atoms with Gasteiger partial charge in [0.2, 0.25) is 0 Å².